The van der Waals surface area contributed by atoms with Gasteiger partial charge in [0.05, 0.1) is 0 Å². The van der Waals surface area contributed by atoms with Crippen LogP contribution in [0.1, 0.15) is 25.1 Å². The van der Waals surface area contributed by atoms with Crippen molar-refractivity contribution in [3.8, 4) is 0 Å². The molecule has 112 valence electrons. The summed E-state index contributed by atoms with van der Waals surface area (Å²) in [5, 5.41) is 6.32. The summed E-state index contributed by atoms with van der Waals surface area (Å²) in [6.07, 6.45) is 3.66. The molecule has 0 bridgehead atoms. The smallest absolute Gasteiger partial charge is 0.158 e. The standard InChI is InChI=1S/C14H24N4O2/c1-15-12-8-13(18-14(17-12)10-19-2)16-6-3-7-20-9-11-4-5-11/h8,11H,3-7,9-10H2,1-2H3,(H2,15,16,17,18). The van der Waals surface area contributed by atoms with Gasteiger partial charge in [0, 0.05) is 40.0 Å². The van der Waals surface area contributed by atoms with Crippen molar-refractivity contribution < 1.29 is 9.47 Å². The average molecular weight is 280 g/mol. The van der Waals surface area contributed by atoms with E-state index in [2.05, 4.69) is 20.6 Å². The lowest BCUT2D eigenvalue weighted by atomic mass is 10.4. The van der Waals surface area contributed by atoms with Crippen molar-refractivity contribution in [3.63, 3.8) is 0 Å². The highest BCUT2D eigenvalue weighted by Gasteiger charge is 2.20. The Bertz CT molecular complexity index is 410. The average Bonchev–Trinajstić information content (AvgIpc) is 3.27. The van der Waals surface area contributed by atoms with Crippen molar-refractivity contribution >= 4 is 11.6 Å². The van der Waals surface area contributed by atoms with Gasteiger partial charge in [-0.15, -0.1) is 0 Å². The Hall–Kier alpha value is -1.40. The van der Waals surface area contributed by atoms with Crippen LogP contribution in [0.25, 0.3) is 0 Å². The number of hydrogen-bond acceptors (Lipinski definition) is 6. The Labute approximate surface area is 120 Å². The first-order chi connectivity index (χ1) is 9.81. The largest absolute Gasteiger partial charge is 0.381 e. The van der Waals surface area contributed by atoms with Crippen LogP contribution in [0.2, 0.25) is 0 Å². The number of aromatic nitrogens is 2. The van der Waals surface area contributed by atoms with Gasteiger partial charge in [-0.3, -0.25) is 0 Å². The topological polar surface area (TPSA) is 68.3 Å². The molecule has 1 heterocycles. The molecule has 1 aliphatic rings. The van der Waals surface area contributed by atoms with Crippen molar-refractivity contribution in [2.75, 3.05) is 44.5 Å². The van der Waals surface area contributed by atoms with E-state index in [1.807, 2.05) is 13.1 Å². The zero-order chi connectivity index (χ0) is 14.2. The molecule has 0 unspecified atom stereocenters. The quantitative estimate of drug-likeness (QED) is 0.638. The molecule has 1 aromatic heterocycles. The highest BCUT2D eigenvalue weighted by atomic mass is 16.5. The first-order valence-corrected chi connectivity index (χ1v) is 7.18. The molecular weight excluding hydrogens is 256 g/mol. The van der Waals surface area contributed by atoms with Crippen molar-refractivity contribution in [3.05, 3.63) is 11.9 Å². The number of methoxy groups -OCH3 is 1. The van der Waals surface area contributed by atoms with Gasteiger partial charge in [-0.05, 0) is 25.2 Å². The summed E-state index contributed by atoms with van der Waals surface area (Å²) in [6.45, 7) is 2.99. The third-order valence-corrected chi connectivity index (χ3v) is 3.12. The van der Waals surface area contributed by atoms with Gasteiger partial charge in [-0.2, -0.15) is 0 Å². The lowest BCUT2D eigenvalue weighted by Gasteiger charge is -2.09. The molecule has 1 aromatic rings. The molecule has 6 heteroatoms. The van der Waals surface area contributed by atoms with Crippen LogP contribution in [0.5, 0.6) is 0 Å². The second kappa shape index (κ2) is 8.01. The molecule has 1 aliphatic carbocycles. The van der Waals surface area contributed by atoms with E-state index in [0.29, 0.717) is 12.4 Å². The number of nitrogens with one attached hydrogen (secondary N) is 2. The van der Waals surface area contributed by atoms with E-state index < -0.39 is 0 Å². The molecule has 0 amide bonds. The fourth-order valence-corrected chi connectivity index (χ4v) is 1.83. The predicted octanol–water partition coefficient (Wildman–Crippen LogP) is 1.89. The molecule has 0 atom stereocenters. The van der Waals surface area contributed by atoms with Crippen molar-refractivity contribution in [2.45, 2.75) is 25.9 Å². The molecule has 0 spiro atoms. The van der Waals surface area contributed by atoms with Crippen LogP contribution in [-0.2, 0) is 16.1 Å². The van der Waals surface area contributed by atoms with Gasteiger partial charge in [0.2, 0.25) is 0 Å². The number of nitrogens with zero attached hydrogens (tertiary/aromatic N) is 2. The third-order valence-electron chi connectivity index (χ3n) is 3.12. The van der Waals surface area contributed by atoms with E-state index in [1.165, 1.54) is 12.8 Å². The number of hydrogen-bond donors (Lipinski definition) is 2. The molecule has 1 saturated carbocycles. The number of rotatable bonds is 10. The minimum absolute atomic E-state index is 0.411. The minimum atomic E-state index is 0.411. The summed E-state index contributed by atoms with van der Waals surface area (Å²) in [6, 6.07) is 1.89. The van der Waals surface area contributed by atoms with Crippen LogP contribution in [0, 0.1) is 5.92 Å². The van der Waals surface area contributed by atoms with Gasteiger partial charge in [0.25, 0.3) is 0 Å². The maximum Gasteiger partial charge on any atom is 0.158 e. The predicted molar refractivity (Wildman–Crippen MR) is 78.9 cm³/mol. The van der Waals surface area contributed by atoms with Gasteiger partial charge >= 0.3 is 0 Å². The fraction of sp³-hybridized carbons (Fsp3) is 0.714. The summed E-state index contributed by atoms with van der Waals surface area (Å²) in [5.74, 6) is 3.12. The normalized spacial score (nSPS) is 14.3. The Morgan fingerprint density at radius 1 is 1.30 bits per heavy atom. The van der Waals surface area contributed by atoms with Gasteiger partial charge in [-0.25, -0.2) is 9.97 Å². The summed E-state index contributed by atoms with van der Waals surface area (Å²) in [4.78, 5) is 8.71. The highest BCUT2D eigenvalue weighted by Crippen LogP contribution is 2.28. The van der Waals surface area contributed by atoms with Crippen LogP contribution >= 0.6 is 0 Å². The van der Waals surface area contributed by atoms with E-state index in [9.17, 15) is 0 Å². The summed E-state index contributed by atoms with van der Waals surface area (Å²) in [7, 11) is 3.48. The monoisotopic (exact) mass is 280 g/mol. The maximum atomic E-state index is 5.60. The molecular formula is C14H24N4O2. The van der Waals surface area contributed by atoms with E-state index in [-0.39, 0.29) is 0 Å². The molecule has 0 aliphatic heterocycles. The molecule has 6 nitrogen and oxygen atoms in total. The Morgan fingerprint density at radius 2 is 2.10 bits per heavy atom. The second-order valence-electron chi connectivity index (χ2n) is 5.04. The summed E-state index contributed by atoms with van der Waals surface area (Å²) < 4.78 is 10.7. The Balaban J connectivity index is 1.71. The van der Waals surface area contributed by atoms with Gasteiger partial charge in [0.1, 0.15) is 18.2 Å². The molecule has 2 N–H and O–H groups in total. The number of ether oxygens (including phenoxy) is 2. The maximum absolute atomic E-state index is 5.60. The summed E-state index contributed by atoms with van der Waals surface area (Å²) >= 11 is 0. The van der Waals surface area contributed by atoms with Crippen molar-refractivity contribution in [1.82, 2.24) is 9.97 Å². The van der Waals surface area contributed by atoms with Crippen LogP contribution in [0.15, 0.2) is 6.07 Å². The molecule has 1 fully saturated rings. The zero-order valence-corrected chi connectivity index (χ0v) is 12.3. The first-order valence-electron chi connectivity index (χ1n) is 7.18. The molecule has 20 heavy (non-hydrogen) atoms. The Morgan fingerprint density at radius 3 is 2.80 bits per heavy atom. The molecule has 0 saturated heterocycles. The second-order valence-corrected chi connectivity index (χ2v) is 5.04. The third kappa shape index (κ3) is 5.30. The SMILES string of the molecule is CNc1cc(NCCCOCC2CC2)nc(COC)n1. The van der Waals surface area contributed by atoms with E-state index in [0.717, 1.165) is 43.7 Å². The Kier molecular flexibility index (Phi) is 6.01. The van der Waals surface area contributed by atoms with Crippen molar-refractivity contribution in [1.29, 1.82) is 0 Å². The lowest BCUT2D eigenvalue weighted by Crippen LogP contribution is -2.10. The minimum Gasteiger partial charge on any atom is -0.381 e. The fourth-order valence-electron chi connectivity index (χ4n) is 1.83. The van der Waals surface area contributed by atoms with Crippen LogP contribution in [0.4, 0.5) is 11.6 Å². The lowest BCUT2D eigenvalue weighted by molar-refractivity contribution is 0.124. The number of anilines is 2. The van der Waals surface area contributed by atoms with Crippen LogP contribution < -0.4 is 10.6 Å². The van der Waals surface area contributed by atoms with E-state index in [1.54, 1.807) is 7.11 Å². The van der Waals surface area contributed by atoms with Gasteiger partial charge < -0.3 is 20.1 Å². The van der Waals surface area contributed by atoms with Gasteiger partial charge in [0.15, 0.2) is 5.82 Å². The summed E-state index contributed by atoms with van der Waals surface area (Å²) in [5.41, 5.74) is 0. The highest BCUT2D eigenvalue weighted by molar-refractivity contribution is 5.47. The molecule has 2 rings (SSSR count). The van der Waals surface area contributed by atoms with E-state index >= 15 is 0 Å². The zero-order valence-electron chi connectivity index (χ0n) is 12.3. The van der Waals surface area contributed by atoms with Crippen LogP contribution in [-0.4, -0.2) is 43.9 Å². The molecule has 0 radical (unpaired) electrons. The van der Waals surface area contributed by atoms with Gasteiger partial charge in [-0.1, -0.05) is 0 Å². The van der Waals surface area contributed by atoms with Crippen molar-refractivity contribution in [2.24, 2.45) is 5.92 Å². The molecule has 0 aromatic carbocycles. The van der Waals surface area contributed by atoms with E-state index in [4.69, 9.17) is 9.47 Å². The van der Waals surface area contributed by atoms with Crippen LogP contribution in [0.3, 0.4) is 0 Å². The first kappa shape index (κ1) is 15.0.